The number of carboxylic acids is 1. The second kappa shape index (κ2) is 14.0. The molecule has 0 atom stereocenters. The third-order valence-corrected chi connectivity index (χ3v) is 4.44. The number of aliphatic carboxylic acids is 1. The Morgan fingerprint density at radius 3 is 2.30 bits per heavy atom. The first-order valence-electron chi connectivity index (χ1n) is 10.0. The Labute approximate surface area is 162 Å². The van der Waals surface area contributed by atoms with Crippen LogP contribution in [-0.4, -0.2) is 33.8 Å². The molecule has 2 N–H and O–H groups in total. The van der Waals surface area contributed by atoms with Crippen molar-refractivity contribution >= 4 is 18.0 Å². The SMILES string of the molecule is CCCCCCCCC=Cc1ccc(C(=O)N(O)CCCCC(=O)O)cc1. The van der Waals surface area contributed by atoms with E-state index in [0.717, 1.165) is 12.0 Å². The number of carboxylic acid groups (broad SMARTS) is 1. The number of amides is 1. The molecule has 1 amide bonds. The van der Waals surface area contributed by atoms with Gasteiger partial charge in [-0.2, -0.15) is 0 Å². The van der Waals surface area contributed by atoms with Gasteiger partial charge < -0.3 is 5.11 Å². The lowest BCUT2D eigenvalue weighted by Crippen LogP contribution is -2.28. The highest BCUT2D eigenvalue weighted by Crippen LogP contribution is 2.11. The van der Waals surface area contributed by atoms with Crippen molar-refractivity contribution in [1.82, 2.24) is 5.06 Å². The van der Waals surface area contributed by atoms with Gasteiger partial charge in [-0.1, -0.05) is 63.3 Å². The normalized spacial score (nSPS) is 11.0. The summed E-state index contributed by atoms with van der Waals surface area (Å²) in [7, 11) is 0. The maximum atomic E-state index is 12.1. The third-order valence-electron chi connectivity index (χ3n) is 4.44. The zero-order valence-corrected chi connectivity index (χ0v) is 16.4. The van der Waals surface area contributed by atoms with E-state index in [-0.39, 0.29) is 13.0 Å². The number of hydrogen-bond acceptors (Lipinski definition) is 3. The van der Waals surface area contributed by atoms with Crippen LogP contribution in [0.1, 0.15) is 87.1 Å². The number of hydroxylamine groups is 2. The molecule has 0 saturated heterocycles. The molecule has 1 aromatic rings. The molecule has 0 saturated carbocycles. The Morgan fingerprint density at radius 1 is 0.963 bits per heavy atom. The smallest absolute Gasteiger partial charge is 0.303 e. The lowest BCUT2D eigenvalue weighted by molar-refractivity contribution is -0.137. The number of carbonyl (C=O) groups is 2. The molecule has 0 aliphatic heterocycles. The number of benzene rings is 1. The van der Waals surface area contributed by atoms with Crippen LogP contribution in [0.15, 0.2) is 30.3 Å². The Hall–Kier alpha value is -2.14. The van der Waals surface area contributed by atoms with Crippen LogP contribution in [0.4, 0.5) is 0 Å². The van der Waals surface area contributed by atoms with E-state index >= 15 is 0 Å². The van der Waals surface area contributed by atoms with Crippen molar-refractivity contribution < 1.29 is 19.9 Å². The molecule has 0 unspecified atom stereocenters. The standard InChI is InChI=1S/C22H33NO4/c1-2-3-4-5-6-7-8-9-12-19-14-16-20(17-15-19)22(26)23(27)18-11-10-13-21(24)25/h9,12,14-17,27H,2-8,10-11,13,18H2,1H3,(H,24,25). The molecule has 0 aromatic heterocycles. The minimum atomic E-state index is -0.869. The van der Waals surface area contributed by atoms with Crippen molar-refractivity contribution in [2.75, 3.05) is 6.54 Å². The third kappa shape index (κ3) is 10.6. The fraction of sp³-hybridized carbons (Fsp3) is 0.545. The Bertz CT molecular complexity index is 580. The van der Waals surface area contributed by atoms with Gasteiger partial charge in [-0.15, -0.1) is 0 Å². The summed E-state index contributed by atoms with van der Waals surface area (Å²) >= 11 is 0. The molecule has 150 valence electrons. The number of carbonyl (C=O) groups excluding carboxylic acids is 1. The van der Waals surface area contributed by atoms with Crippen molar-refractivity contribution in [3.63, 3.8) is 0 Å². The Morgan fingerprint density at radius 2 is 1.63 bits per heavy atom. The van der Waals surface area contributed by atoms with Crippen LogP contribution in [-0.2, 0) is 4.79 Å². The highest BCUT2D eigenvalue weighted by atomic mass is 16.5. The number of nitrogens with zero attached hydrogens (tertiary/aromatic N) is 1. The van der Waals surface area contributed by atoms with Crippen molar-refractivity contribution in [3.8, 4) is 0 Å². The van der Waals surface area contributed by atoms with Crippen LogP contribution in [0.25, 0.3) is 6.08 Å². The van der Waals surface area contributed by atoms with Gasteiger partial charge in [0.1, 0.15) is 0 Å². The lowest BCUT2D eigenvalue weighted by atomic mass is 10.1. The molecule has 0 bridgehead atoms. The molecule has 5 nitrogen and oxygen atoms in total. The predicted molar refractivity (Wildman–Crippen MR) is 108 cm³/mol. The van der Waals surface area contributed by atoms with E-state index < -0.39 is 11.9 Å². The van der Waals surface area contributed by atoms with Crippen LogP contribution >= 0.6 is 0 Å². The number of hydrogen-bond donors (Lipinski definition) is 2. The number of unbranched alkanes of at least 4 members (excludes halogenated alkanes) is 7. The van der Waals surface area contributed by atoms with Crippen LogP contribution in [0, 0.1) is 0 Å². The average Bonchev–Trinajstić information content (AvgIpc) is 2.67. The molecule has 0 aliphatic carbocycles. The van der Waals surface area contributed by atoms with Crippen LogP contribution in [0.3, 0.4) is 0 Å². The zero-order chi connectivity index (χ0) is 19.9. The summed E-state index contributed by atoms with van der Waals surface area (Å²) in [4.78, 5) is 22.6. The van der Waals surface area contributed by atoms with Crippen molar-refractivity contribution in [1.29, 1.82) is 0 Å². The van der Waals surface area contributed by atoms with Gasteiger partial charge in [0.25, 0.3) is 5.91 Å². The highest BCUT2D eigenvalue weighted by Gasteiger charge is 2.13. The molecule has 5 heteroatoms. The molecule has 27 heavy (non-hydrogen) atoms. The largest absolute Gasteiger partial charge is 0.481 e. The van der Waals surface area contributed by atoms with Gasteiger partial charge >= 0.3 is 5.97 Å². The van der Waals surface area contributed by atoms with E-state index in [1.807, 2.05) is 12.1 Å². The van der Waals surface area contributed by atoms with Gasteiger partial charge in [0.2, 0.25) is 0 Å². The van der Waals surface area contributed by atoms with Gasteiger partial charge in [0.05, 0.1) is 0 Å². The van der Waals surface area contributed by atoms with E-state index in [1.165, 1.54) is 38.5 Å². The predicted octanol–water partition coefficient (Wildman–Crippen LogP) is 5.54. The lowest BCUT2D eigenvalue weighted by Gasteiger charge is -2.14. The average molecular weight is 376 g/mol. The first-order valence-corrected chi connectivity index (χ1v) is 10.0. The van der Waals surface area contributed by atoms with Crippen molar-refractivity contribution in [2.45, 2.75) is 71.1 Å². The van der Waals surface area contributed by atoms with E-state index in [4.69, 9.17) is 5.11 Å². The minimum absolute atomic E-state index is 0.0435. The molecule has 0 heterocycles. The number of allylic oxidation sites excluding steroid dienone is 1. The summed E-state index contributed by atoms with van der Waals surface area (Å²) in [5, 5.41) is 19.0. The molecule has 1 rings (SSSR count). The summed E-state index contributed by atoms with van der Waals surface area (Å²) in [6.07, 6.45) is 13.9. The maximum Gasteiger partial charge on any atom is 0.303 e. The Kier molecular flexibility index (Phi) is 11.9. The first-order chi connectivity index (χ1) is 13.0. The number of rotatable bonds is 14. The van der Waals surface area contributed by atoms with Crippen LogP contribution in [0.2, 0.25) is 0 Å². The van der Waals surface area contributed by atoms with Crippen LogP contribution in [0.5, 0.6) is 0 Å². The molecule has 0 radical (unpaired) electrons. The zero-order valence-electron chi connectivity index (χ0n) is 16.4. The quantitative estimate of drug-likeness (QED) is 0.254. The molecular formula is C22H33NO4. The molecule has 0 fully saturated rings. The fourth-order valence-electron chi connectivity index (χ4n) is 2.79. The summed E-state index contributed by atoms with van der Waals surface area (Å²) < 4.78 is 0. The van der Waals surface area contributed by atoms with Crippen LogP contribution < -0.4 is 0 Å². The van der Waals surface area contributed by atoms with Gasteiger partial charge in [0.15, 0.2) is 0 Å². The van der Waals surface area contributed by atoms with Gasteiger partial charge in [-0.25, -0.2) is 5.06 Å². The molecule has 0 spiro atoms. The highest BCUT2D eigenvalue weighted by molar-refractivity contribution is 5.93. The van der Waals surface area contributed by atoms with E-state index in [2.05, 4.69) is 19.1 Å². The topological polar surface area (TPSA) is 77.8 Å². The molecular weight excluding hydrogens is 342 g/mol. The minimum Gasteiger partial charge on any atom is -0.481 e. The van der Waals surface area contributed by atoms with Gasteiger partial charge in [-0.3, -0.25) is 14.8 Å². The first kappa shape index (κ1) is 22.9. The summed E-state index contributed by atoms with van der Waals surface area (Å²) in [6, 6.07) is 7.13. The molecule has 0 aliphatic rings. The monoisotopic (exact) mass is 375 g/mol. The van der Waals surface area contributed by atoms with E-state index in [0.29, 0.717) is 23.5 Å². The Balaban J connectivity index is 2.32. The van der Waals surface area contributed by atoms with Gasteiger partial charge in [0, 0.05) is 18.5 Å². The summed E-state index contributed by atoms with van der Waals surface area (Å²) in [6.45, 7) is 2.36. The second-order valence-electron chi connectivity index (χ2n) is 6.86. The van der Waals surface area contributed by atoms with E-state index in [1.54, 1.807) is 12.1 Å². The summed E-state index contributed by atoms with van der Waals surface area (Å²) in [5.41, 5.74) is 1.45. The van der Waals surface area contributed by atoms with Gasteiger partial charge in [-0.05, 0) is 43.4 Å². The van der Waals surface area contributed by atoms with E-state index in [9.17, 15) is 14.8 Å². The van der Waals surface area contributed by atoms with Crippen molar-refractivity contribution in [2.24, 2.45) is 0 Å². The summed E-state index contributed by atoms with van der Waals surface area (Å²) in [5.74, 6) is -1.33. The maximum absolute atomic E-state index is 12.1. The second-order valence-corrected chi connectivity index (χ2v) is 6.86. The fourth-order valence-corrected chi connectivity index (χ4v) is 2.79. The molecule has 1 aromatic carbocycles. The van der Waals surface area contributed by atoms with Crippen molar-refractivity contribution in [3.05, 3.63) is 41.5 Å².